The fourth-order valence-corrected chi connectivity index (χ4v) is 3.24. The number of H-pyrrole nitrogens is 1. The van der Waals surface area contributed by atoms with E-state index in [9.17, 15) is 9.59 Å². The number of carbonyl (C=O) groups is 2. The number of nitrogens with zero attached hydrogens (tertiary/aromatic N) is 1. The molecule has 4 rings (SSSR count). The zero-order valence-corrected chi connectivity index (χ0v) is 17.4. The number of amides is 1. The molecule has 5 nitrogen and oxygen atoms in total. The van der Waals surface area contributed by atoms with E-state index < -0.39 is 0 Å². The van der Waals surface area contributed by atoms with Crippen molar-refractivity contribution in [2.24, 2.45) is 0 Å². The van der Waals surface area contributed by atoms with Crippen LogP contribution >= 0.6 is 0 Å². The van der Waals surface area contributed by atoms with Crippen LogP contribution in [0.5, 0.6) is 0 Å². The summed E-state index contributed by atoms with van der Waals surface area (Å²) in [4.78, 5) is 32.3. The highest BCUT2D eigenvalue weighted by atomic mass is 16.1. The number of aromatic nitrogens is 2. The minimum Gasteiger partial charge on any atom is -0.335 e. The molecule has 1 aromatic heterocycles. The number of hydrogen-bond donors (Lipinski definition) is 2. The van der Waals surface area contributed by atoms with E-state index in [-0.39, 0.29) is 11.7 Å². The zero-order chi connectivity index (χ0) is 21.8. The molecule has 5 heteroatoms. The summed E-state index contributed by atoms with van der Waals surface area (Å²) in [5.74, 6) is 0.320. The molecule has 31 heavy (non-hydrogen) atoms. The second kappa shape index (κ2) is 8.79. The summed E-state index contributed by atoms with van der Waals surface area (Å²) >= 11 is 0. The first-order chi connectivity index (χ1) is 15.0. The number of carbonyl (C=O) groups excluding carboxylic acids is 2. The molecular formula is C26H23N3O2. The van der Waals surface area contributed by atoms with Gasteiger partial charge in [0.2, 0.25) is 5.78 Å². The van der Waals surface area contributed by atoms with E-state index >= 15 is 0 Å². The van der Waals surface area contributed by atoms with E-state index in [1.807, 2.05) is 60.7 Å². The van der Waals surface area contributed by atoms with Crippen LogP contribution in [-0.4, -0.2) is 21.7 Å². The maximum Gasteiger partial charge on any atom is 0.255 e. The summed E-state index contributed by atoms with van der Waals surface area (Å²) in [5, 5.41) is 2.93. The maximum atomic E-state index is 12.5. The number of anilines is 1. The second-order valence-electron chi connectivity index (χ2n) is 7.66. The highest BCUT2D eigenvalue weighted by molar-refractivity contribution is 6.06. The molecule has 154 valence electrons. The Hall–Kier alpha value is -3.99. The first-order valence-corrected chi connectivity index (χ1v) is 10.2. The summed E-state index contributed by atoms with van der Waals surface area (Å²) in [7, 11) is 0. The lowest BCUT2D eigenvalue weighted by atomic mass is 10.0. The SMILES string of the molecule is CC(C)c1cccc(NC(=O)c2ccc(C=CC(=O)c3nc4ccccc4[nH]3)cc2)c1. The summed E-state index contributed by atoms with van der Waals surface area (Å²) < 4.78 is 0. The Morgan fingerprint density at radius 3 is 2.48 bits per heavy atom. The van der Waals surface area contributed by atoms with Crippen LogP contribution in [-0.2, 0) is 0 Å². The van der Waals surface area contributed by atoms with E-state index in [0.29, 0.717) is 17.3 Å². The minimum absolute atomic E-state index is 0.171. The fraction of sp³-hybridized carbons (Fsp3) is 0.115. The molecule has 0 saturated carbocycles. The number of allylic oxidation sites excluding steroid dienone is 1. The molecule has 0 spiro atoms. The number of ketones is 1. The summed E-state index contributed by atoms with van der Waals surface area (Å²) in [6.07, 6.45) is 3.19. The standard InChI is InChI=1S/C26H23N3O2/c1-17(2)20-6-5-7-21(16-20)27-26(31)19-13-10-18(11-14-19)12-15-24(30)25-28-22-8-3-4-9-23(22)29-25/h3-17H,1-2H3,(H,27,31)(H,28,29). The Kier molecular flexibility index (Phi) is 5.76. The van der Waals surface area contributed by atoms with Crippen LogP contribution < -0.4 is 5.32 Å². The maximum absolute atomic E-state index is 12.5. The van der Waals surface area contributed by atoms with Crippen molar-refractivity contribution >= 4 is 34.5 Å². The van der Waals surface area contributed by atoms with Gasteiger partial charge in [-0.3, -0.25) is 9.59 Å². The number of benzene rings is 3. The van der Waals surface area contributed by atoms with Crippen LogP contribution in [0.25, 0.3) is 17.1 Å². The van der Waals surface area contributed by atoms with Crippen molar-refractivity contribution in [2.45, 2.75) is 19.8 Å². The number of imidazole rings is 1. The Labute approximate surface area is 180 Å². The van der Waals surface area contributed by atoms with Gasteiger partial charge in [0.15, 0.2) is 5.82 Å². The number of nitrogens with one attached hydrogen (secondary N) is 2. The van der Waals surface area contributed by atoms with E-state index in [1.54, 1.807) is 18.2 Å². The quantitative estimate of drug-likeness (QED) is 0.310. The van der Waals surface area contributed by atoms with Gasteiger partial charge in [0.05, 0.1) is 11.0 Å². The molecule has 1 amide bonds. The number of rotatable bonds is 6. The number of para-hydroxylation sites is 2. The topological polar surface area (TPSA) is 74.8 Å². The van der Waals surface area contributed by atoms with Crippen LogP contribution in [0.4, 0.5) is 5.69 Å². The minimum atomic E-state index is -0.206. The third kappa shape index (κ3) is 4.78. The van der Waals surface area contributed by atoms with Gasteiger partial charge in [0, 0.05) is 11.3 Å². The first kappa shape index (κ1) is 20.3. The molecule has 0 bridgehead atoms. The summed E-state index contributed by atoms with van der Waals surface area (Å²) in [5.41, 5.74) is 4.91. The highest BCUT2D eigenvalue weighted by Crippen LogP contribution is 2.19. The Morgan fingerprint density at radius 1 is 0.968 bits per heavy atom. The van der Waals surface area contributed by atoms with E-state index in [1.165, 1.54) is 11.6 Å². The van der Waals surface area contributed by atoms with Gasteiger partial charge in [0.1, 0.15) is 0 Å². The smallest absolute Gasteiger partial charge is 0.255 e. The van der Waals surface area contributed by atoms with Crippen LogP contribution in [0.15, 0.2) is 78.9 Å². The third-order valence-electron chi connectivity index (χ3n) is 5.03. The summed E-state index contributed by atoms with van der Waals surface area (Å²) in [6, 6.07) is 22.5. The van der Waals surface area contributed by atoms with Crippen molar-refractivity contribution < 1.29 is 9.59 Å². The monoisotopic (exact) mass is 409 g/mol. The lowest BCUT2D eigenvalue weighted by Gasteiger charge is -2.09. The zero-order valence-electron chi connectivity index (χ0n) is 17.4. The highest BCUT2D eigenvalue weighted by Gasteiger charge is 2.09. The Balaban J connectivity index is 1.42. The van der Waals surface area contributed by atoms with Gasteiger partial charge in [-0.15, -0.1) is 0 Å². The lowest BCUT2D eigenvalue weighted by Crippen LogP contribution is -2.12. The molecule has 0 aliphatic rings. The average molecular weight is 409 g/mol. The van der Waals surface area contributed by atoms with Gasteiger partial charge >= 0.3 is 0 Å². The molecule has 0 aliphatic carbocycles. The van der Waals surface area contributed by atoms with Gasteiger partial charge in [-0.25, -0.2) is 4.98 Å². The Bertz CT molecular complexity index is 1230. The van der Waals surface area contributed by atoms with E-state index in [4.69, 9.17) is 0 Å². The summed E-state index contributed by atoms with van der Waals surface area (Å²) in [6.45, 7) is 4.23. The molecule has 0 saturated heterocycles. The number of hydrogen-bond acceptors (Lipinski definition) is 3. The molecule has 2 N–H and O–H groups in total. The van der Waals surface area contributed by atoms with Crippen LogP contribution in [0.1, 0.15) is 51.9 Å². The van der Waals surface area contributed by atoms with Crippen LogP contribution in [0.2, 0.25) is 0 Å². The molecule has 0 radical (unpaired) electrons. The van der Waals surface area contributed by atoms with Gasteiger partial charge in [-0.2, -0.15) is 0 Å². The van der Waals surface area contributed by atoms with Gasteiger partial charge in [-0.05, 0) is 59.5 Å². The molecule has 0 fully saturated rings. The molecule has 0 unspecified atom stereocenters. The molecule has 3 aromatic carbocycles. The predicted octanol–water partition coefficient (Wildman–Crippen LogP) is 5.83. The molecular weight excluding hydrogens is 386 g/mol. The Morgan fingerprint density at radius 2 is 1.74 bits per heavy atom. The van der Waals surface area contributed by atoms with Crippen molar-refractivity contribution in [3.8, 4) is 0 Å². The second-order valence-corrected chi connectivity index (χ2v) is 7.66. The van der Waals surface area contributed by atoms with E-state index in [2.05, 4.69) is 29.1 Å². The molecule has 0 atom stereocenters. The van der Waals surface area contributed by atoms with Crippen molar-refractivity contribution in [3.63, 3.8) is 0 Å². The normalized spacial score (nSPS) is 11.3. The lowest BCUT2D eigenvalue weighted by molar-refractivity contribution is 0.102. The van der Waals surface area contributed by atoms with Crippen molar-refractivity contribution in [3.05, 3.63) is 101 Å². The third-order valence-corrected chi connectivity index (χ3v) is 5.03. The van der Waals surface area contributed by atoms with Gasteiger partial charge in [0.25, 0.3) is 5.91 Å². The molecule has 4 aromatic rings. The average Bonchev–Trinajstić information content (AvgIpc) is 3.22. The predicted molar refractivity (Wildman–Crippen MR) is 124 cm³/mol. The first-order valence-electron chi connectivity index (χ1n) is 10.2. The van der Waals surface area contributed by atoms with Gasteiger partial charge in [-0.1, -0.05) is 56.3 Å². The number of aromatic amines is 1. The van der Waals surface area contributed by atoms with E-state index in [0.717, 1.165) is 22.3 Å². The molecule has 1 heterocycles. The number of fused-ring (bicyclic) bond motifs is 1. The largest absolute Gasteiger partial charge is 0.335 e. The van der Waals surface area contributed by atoms with Gasteiger partial charge < -0.3 is 10.3 Å². The van der Waals surface area contributed by atoms with Crippen LogP contribution in [0.3, 0.4) is 0 Å². The van der Waals surface area contributed by atoms with Crippen LogP contribution in [0, 0.1) is 0 Å². The van der Waals surface area contributed by atoms with Crippen molar-refractivity contribution in [1.82, 2.24) is 9.97 Å². The molecule has 0 aliphatic heterocycles. The van der Waals surface area contributed by atoms with Crippen molar-refractivity contribution in [1.29, 1.82) is 0 Å². The fourth-order valence-electron chi connectivity index (χ4n) is 3.24. The van der Waals surface area contributed by atoms with Crippen molar-refractivity contribution in [2.75, 3.05) is 5.32 Å².